The summed E-state index contributed by atoms with van der Waals surface area (Å²) in [7, 11) is 1.74. The minimum atomic E-state index is -0.954. The molecule has 1 atom stereocenters. The molecule has 0 aliphatic carbocycles. The standard InChI is InChI=1S/C20H25N3O3/c1-26-10-9-23-8-4-5-15(14-23)11-16-12-22-19(13-21-16)17-6-2-3-7-18(17)20(24)25/h2-3,6-7,12-13,15H,4-5,8-11,14H2,1H3,(H,24,25). The van der Waals surface area contributed by atoms with Crippen molar-refractivity contribution in [2.75, 3.05) is 33.4 Å². The highest BCUT2D eigenvalue weighted by Gasteiger charge is 2.20. The van der Waals surface area contributed by atoms with Gasteiger partial charge in [-0.2, -0.15) is 0 Å². The number of benzene rings is 1. The number of ether oxygens (including phenoxy) is 1. The van der Waals surface area contributed by atoms with Crippen molar-refractivity contribution in [2.24, 2.45) is 5.92 Å². The molecule has 1 N–H and O–H groups in total. The van der Waals surface area contributed by atoms with Crippen LogP contribution >= 0.6 is 0 Å². The molecule has 6 nitrogen and oxygen atoms in total. The summed E-state index contributed by atoms with van der Waals surface area (Å²) in [5, 5.41) is 9.32. The molecule has 2 heterocycles. The Hall–Kier alpha value is -2.31. The highest BCUT2D eigenvalue weighted by atomic mass is 16.5. The predicted octanol–water partition coefficient (Wildman–Crippen LogP) is 2.74. The molecule has 138 valence electrons. The molecule has 1 saturated heterocycles. The predicted molar refractivity (Wildman–Crippen MR) is 99.2 cm³/mol. The number of likely N-dealkylation sites (tertiary alicyclic amines) is 1. The Balaban J connectivity index is 1.66. The molecule has 1 aromatic carbocycles. The van der Waals surface area contributed by atoms with Crippen molar-refractivity contribution in [3.8, 4) is 11.3 Å². The third-order valence-corrected chi connectivity index (χ3v) is 4.85. The van der Waals surface area contributed by atoms with E-state index >= 15 is 0 Å². The van der Waals surface area contributed by atoms with Crippen molar-refractivity contribution in [3.63, 3.8) is 0 Å². The van der Waals surface area contributed by atoms with Crippen molar-refractivity contribution < 1.29 is 14.6 Å². The summed E-state index contributed by atoms with van der Waals surface area (Å²) in [4.78, 5) is 22.8. The summed E-state index contributed by atoms with van der Waals surface area (Å²) in [6.45, 7) is 3.94. The summed E-state index contributed by atoms with van der Waals surface area (Å²) in [5.41, 5.74) is 2.40. The second-order valence-corrected chi connectivity index (χ2v) is 6.75. The van der Waals surface area contributed by atoms with Crippen LogP contribution < -0.4 is 0 Å². The van der Waals surface area contributed by atoms with Crippen LogP contribution in [0, 0.1) is 5.92 Å². The van der Waals surface area contributed by atoms with Crippen molar-refractivity contribution in [3.05, 3.63) is 47.9 Å². The van der Waals surface area contributed by atoms with Gasteiger partial charge in [0.05, 0.1) is 29.8 Å². The molecule has 0 saturated carbocycles. The number of carbonyl (C=O) groups is 1. The Kier molecular flexibility index (Phi) is 6.30. The van der Waals surface area contributed by atoms with Gasteiger partial charge < -0.3 is 14.7 Å². The van der Waals surface area contributed by atoms with E-state index < -0.39 is 5.97 Å². The summed E-state index contributed by atoms with van der Waals surface area (Å²) < 4.78 is 5.17. The number of carboxylic acid groups (broad SMARTS) is 1. The molecule has 1 aromatic heterocycles. The second-order valence-electron chi connectivity index (χ2n) is 6.75. The normalized spacial score (nSPS) is 18.0. The number of aromatic carboxylic acids is 1. The quantitative estimate of drug-likeness (QED) is 0.823. The first-order chi connectivity index (χ1) is 12.7. The average molecular weight is 355 g/mol. The van der Waals surface area contributed by atoms with Crippen LogP contribution in [0.4, 0.5) is 0 Å². The number of carboxylic acids is 1. The third-order valence-electron chi connectivity index (χ3n) is 4.85. The van der Waals surface area contributed by atoms with Crippen LogP contribution in [0.25, 0.3) is 11.3 Å². The first kappa shape index (κ1) is 18.5. The number of hydrogen-bond acceptors (Lipinski definition) is 5. The Morgan fingerprint density at radius 1 is 1.31 bits per heavy atom. The molecule has 6 heteroatoms. The highest BCUT2D eigenvalue weighted by molar-refractivity contribution is 5.95. The summed E-state index contributed by atoms with van der Waals surface area (Å²) in [6, 6.07) is 6.88. The van der Waals surface area contributed by atoms with Gasteiger partial charge in [0.25, 0.3) is 0 Å². The second kappa shape index (κ2) is 8.87. The number of aromatic nitrogens is 2. The van der Waals surface area contributed by atoms with E-state index in [-0.39, 0.29) is 5.56 Å². The van der Waals surface area contributed by atoms with Crippen molar-refractivity contribution in [1.29, 1.82) is 0 Å². The van der Waals surface area contributed by atoms with Crippen molar-refractivity contribution in [2.45, 2.75) is 19.3 Å². The Morgan fingerprint density at radius 2 is 2.15 bits per heavy atom. The molecule has 1 aliphatic rings. The number of rotatable bonds is 7. The average Bonchev–Trinajstić information content (AvgIpc) is 2.67. The Bertz CT molecular complexity index is 733. The van der Waals surface area contributed by atoms with E-state index in [0.29, 0.717) is 17.2 Å². The maximum Gasteiger partial charge on any atom is 0.336 e. The SMILES string of the molecule is COCCN1CCCC(Cc2cnc(-c3ccccc3C(=O)O)cn2)C1. The van der Waals surface area contributed by atoms with Crippen LogP contribution in [-0.4, -0.2) is 59.3 Å². The van der Waals surface area contributed by atoms with E-state index in [1.165, 1.54) is 12.8 Å². The van der Waals surface area contributed by atoms with E-state index in [9.17, 15) is 9.90 Å². The Labute approximate surface area is 153 Å². The van der Waals surface area contributed by atoms with Crippen molar-refractivity contribution >= 4 is 5.97 Å². The third kappa shape index (κ3) is 4.65. The summed E-state index contributed by atoms with van der Waals surface area (Å²) >= 11 is 0. The maximum atomic E-state index is 11.4. The molecule has 2 aromatic rings. The molecule has 0 radical (unpaired) electrons. The number of piperidine rings is 1. The lowest BCUT2D eigenvalue weighted by Crippen LogP contribution is -2.38. The minimum Gasteiger partial charge on any atom is -0.478 e. The Morgan fingerprint density at radius 3 is 2.88 bits per heavy atom. The van der Waals surface area contributed by atoms with Crippen LogP contribution in [0.5, 0.6) is 0 Å². The van der Waals surface area contributed by atoms with Gasteiger partial charge in [0.1, 0.15) is 0 Å². The van der Waals surface area contributed by atoms with Crippen LogP contribution in [0.3, 0.4) is 0 Å². The first-order valence-corrected chi connectivity index (χ1v) is 9.02. The fraction of sp³-hybridized carbons (Fsp3) is 0.450. The molecule has 0 spiro atoms. The largest absolute Gasteiger partial charge is 0.478 e. The molecule has 0 amide bonds. The van der Waals surface area contributed by atoms with Gasteiger partial charge in [-0.1, -0.05) is 18.2 Å². The first-order valence-electron chi connectivity index (χ1n) is 9.02. The van der Waals surface area contributed by atoms with Gasteiger partial charge in [-0.05, 0) is 37.8 Å². The maximum absolute atomic E-state index is 11.4. The lowest BCUT2D eigenvalue weighted by molar-refractivity contribution is 0.0697. The van der Waals surface area contributed by atoms with Crippen LogP contribution in [-0.2, 0) is 11.2 Å². The number of nitrogens with zero attached hydrogens (tertiary/aromatic N) is 3. The lowest BCUT2D eigenvalue weighted by atomic mass is 9.93. The molecule has 1 aliphatic heterocycles. The zero-order chi connectivity index (χ0) is 18.4. The lowest BCUT2D eigenvalue weighted by Gasteiger charge is -2.32. The fourth-order valence-electron chi connectivity index (χ4n) is 3.53. The van der Waals surface area contributed by atoms with E-state index in [1.54, 1.807) is 37.7 Å². The van der Waals surface area contributed by atoms with E-state index in [4.69, 9.17) is 4.74 Å². The van der Waals surface area contributed by atoms with Crippen LogP contribution in [0.15, 0.2) is 36.7 Å². The molecule has 3 rings (SSSR count). The molecular formula is C20H25N3O3. The summed E-state index contributed by atoms with van der Waals surface area (Å²) in [6.07, 6.45) is 6.77. The van der Waals surface area contributed by atoms with Gasteiger partial charge in [-0.15, -0.1) is 0 Å². The van der Waals surface area contributed by atoms with E-state index in [1.807, 2.05) is 6.07 Å². The summed E-state index contributed by atoms with van der Waals surface area (Å²) in [5.74, 6) is -0.378. The molecular weight excluding hydrogens is 330 g/mol. The molecule has 1 unspecified atom stereocenters. The zero-order valence-corrected chi connectivity index (χ0v) is 15.1. The van der Waals surface area contributed by atoms with Gasteiger partial charge >= 0.3 is 5.97 Å². The van der Waals surface area contributed by atoms with Gasteiger partial charge in [-0.25, -0.2) is 4.79 Å². The minimum absolute atomic E-state index is 0.246. The van der Waals surface area contributed by atoms with Gasteiger partial charge in [0, 0.05) is 32.0 Å². The highest BCUT2D eigenvalue weighted by Crippen LogP contribution is 2.23. The topological polar surface area (TPSA) is 75.5 Å². The smallest absolute Gasteiger partial charge is 0.336 e. The zero-order valence-electron chi connectivity index (χ0n) is 15.1. The molecule has 26 heavy (non-hydrogen) atoms. The van der Waals surface area contributed by atoms with Crippen LogP contribution in [0.1, 0.15) is 28.9 Å². The van der Waals surface area contributed by atoms with Gasteiger partial charge in [0.15, 0.2) is 0 Å². The molecule has 0 bridgehead atoms. The van der Waals surface area contributed by atoms with E-state index in [0.717, 1.165) is 38.4 Å². The number of methoxy groups -OCH3 is 1. The van der Waals surface area contributed by atoms with Crippen LogP contribution in [0.2, 0.25) is 0 Å². The van der Waals surface area contributed by atoms with Gasteiger partial charge in [-0.3, -0.25) is 9.97 Å². The number of hydrogen-bond donors (Lipinski definition) is 1. The molecule has 1 fully saturated rings. The van der Waals surface area contributed by atoms with Gasteiger partial charge in [0.2, 0.25) is 0 Å². The monoisotopic (exact) mass is 355 g/mol. The van der Waals surface area contributed by atoms with Crippen molar-refractivity contribution in [1.82, 2.24) is 14.9 Å². The fourth-order valence-corrected chi connectivity index (χ4v) is 3.53. The van der Waals surface area contributed by atoms with E-state index in [2.05, 4.69) is 14.9 Å².